The summed E-state index contributed by atoms with van der Waals surface area (Å²) in [6.07, 6.45) is 1.19. The lowest BCUT2D eigenvalue weighted by atomic mass is 10.5. The zero-order chi connectivity index (χ0) is 12.0. The Morgan fingerprint density at radius 3 is 2.81 bits per heavy atom. The molecule has 0 aliphatic rings. The first-order valence-electron chi connectivity index (χ1n) is 4.15. The smallest absolute Gasteiger partial charge is 0.329 e. The molecule has 8 heteroatoms. The Kier molecular flexibility index (Phi) is 4.62. The lowest BCUT2D eigenvalue weighted by Crippen LogP contribution is -2.21. The van der Waals surface area contributed by atoms with Crippen molar-refractivity contribution in [1.82, 2.24) is 9.97 Å². The first kappa shape index (κ1) is 12.3. The molecule has 0 saturated carbocycles. The number of nitrogens with zero attached hydrogens (tertiary/aromatic N) is 2. The van der Waals surface area contributed by atoms with Crippen molar-refractivity contribution in [3.8, 4) is 0 Å². The highest BCUT2D eigenvalue weighted by Gasteiger charge is 2.05. The molecule has 1 aromatic heterocycles. The van der Waals surface area contributed by atoms with Gasteiger partial charge in [0.25, 0.3) is 5.91 Å². The van der Waals surface area contributed by atoms with Gasteiger partial charge in [0.1, 0.15) is 30.5 Å². The Labute approximate surface area is 95.4 Å². The third-order valence-electron chi connectivity index (χ3n) is 1.36. The zero-order valence-electron chi connectivity index (χ0n) is 8.01. The Hall–Kier alpha value is -1.73. The lowest BCUT2D eigenvalue weighted by molar-refractivity contribution is -0.143. The van der Waals surface area contributed by atoms with Crippen LogP contribution in [0.5, 0.6) is 0 Å². The van der Waals surface area contributed by atoms with Crippen LogP contribution in [0.2, 0.25) is 5.15 Å². The Morgan fingerprint density at radius 2 is 2.19 bits per heavy atom. The van der Waals surface area contributed by atoms with Crippen molar-refractivity contribution in [3.63, 3.8) is 0 Å². The number of amides is 1. The fraction of sp³-hybridized carbons (Fsp3) is 0.250. The molecule has 0 atom stereocenters. The van der Waals surface area contributed by atoms with E-state index in [4.69, 9.17) is 16.7 Å². The zero-order valence-corrected chi connectivity index (χ0v) is 8.77. The number of carbonyl (C=O) groups excluding carboxylic acids is 1. The highest BCUT2D eigenvalue weighted by molar-refractivity contribution is 6.29. The van der Waals surface area contributed by atoms with Gasteiger partial charge < -0.3 is 15.2 Å². The van der Waals surface area contributed by atoms with Crippen molar-refractivity contribution in [2.45, 2.75) is 0 Å². The second-order valence-corrected chi connectivity index (χ2v) is 3.05. The Balaban J connectivity index is 2.37. The van der Waals surface area contributed by atoms with Crippen LogP contribution in [0.4, 0.5) is 5.82 Å². The van der Waals surface area contributed by atoms with Crippen LogP contribution in [0.1, 0.15) is 0 Å². The van der Waals surface area contributed by atoms with Gasteiger partial charge in [-0.2, -0.15) is 0 Å². The maximum absolute atomic E-state index is 11.2. The fourth-order valence-corrected chi connectivity index (χ4v) is 0.959. The number of aromatic nitrogens is 2. The minimum absolute atomic E-state index is 0.191. The van der Waals surface area contributed by atoms with E-state index in [1.54, 1.807) is 0 Å². The van der Waals surface area contributed by atoms with Gasteiger partial charge in [0.05, 0.1) is 0 Å². The van der Waals surface area contributed by atoms with Crippen LogP contribution in [-0.2, 0) is 14.3 Å². The van der Waals surface area contributed by atoms with Gasteiger partial charge in [-0.3, -0.25) is 4.79 Å². The molecule has 1 heterocycles. The molecule has 16 heavy (non-hydrogen) atoms. The van der Waals surface area contributed by atoms with Crippen LogP contribution in [0, 0.1) is 0 Å². The number of rotatable bonds is 5. The van der Waals surface area contributed by atoms with Crippen molar-refractivity contribution in [2.24, 2.45) is 0 Å². The minimum Gasteiger partial charge on any atom is -0.480 e. The number of aliphatic carboxylic acids is 1. The number of nitrogens with one attached hydrogen (secondary N) is 1. The van der Waals surface area contributed by atoms with E-state index < -0.39 is 18.5 Å². The summed E-state index contributed by atoms with van der Waals surface area (Å²) in [6, 6.07) is 1.36. The predicted molar refractivity (Wildman–Crippen MR) is 54.1 cm³/mol. The van der Waals surface area contributed by atoms with Gasteiger partial charge in [0, 0.05) is 6.07 Å². The minimum atomic E-state index is -1.14. The number of hydrogen-bond donors (Lipinski definition) is 2. The number of carboxylic acid groups (broad SMARTS) is 1. The molecule has 0 unspecified atom stereocenters. The van der Waals surface area contributed by atoms with E-state index in [1.165, 1.54) is 12.4 Å². The molecular formula is C8H8ClN3O4. The third kappa shape index (κ3) is 4.67. The van der Waals surface area contributed by atoms with Crippen LogP contribution in [0.15, 0.2) is 12.4 Å². The van der Waals surface area contributed by atoms with Crippen LogP contribution in [0.25, 0.3) is 0 Å². The summed E-state index contributed by atoms with van der Waals surface area (Å²) < 4.78 is 4.57. The van der Waals surface area contributed by atoms with Gasteiger partial charge in [-0.15, -0.1) is 0 Å². The summed E-state index contributed by atoms with van der Waals surface area (Å²) in [5, 5.41) is 10.8. The molecule has 0 bridgehead atoms. The topological polar surface area (TPSA) is 101 Å². The van der Waals surface area contributed by atoms with Crippen molar-refractivity contribution in [3.05, 3.63) is 17.5 Å². The van der Waals surface area contributed by atoms with Gasteiger partial charge in [0.2, 0.25) is 0 Å². The molecule has 0 saturated heterocycles. The van der Waals surface area contributed by atoms with E-state index >= 15 is 0 Å². The maximum atomic E-state index is 11.2. The molecule has 0 spiro atoms. The number of ether oxygens (including phenoxy) is 1. The number of hydrogen-bond acceptors (Lipinski definition) is 5. The highest BCUT2D eigenvalue weighted by Crippen LogP contribution is 2.07. The summed E-state index contributed by atoms with van der Waals surface area (Å²) in [4.78, 5) is 28.6. The van der Waals surface area contributed by atoms with E-state index in [1.807, 2.05) is 0 Å². The van der Waals surface area contributed by atoms with Gasteiger partial charge in [0.15, 0.2) is 0 Å². The highest BCUT2D eigenvalue weighted by atomic mass is 35.5. The molecule has 2 N–H and O–H groups in total. The van der Waals surface area contributed by atoms with Gasteiger partial charge in [-0.1, -0.05) is 11.6 Å². The number of halogens is 1. The number of carboxylic acids is 1. The summed E-state index contributed by atoms with van der Waals surface area (Å²) in [5.41, 5.74) is 0. The van der Waals surface area contributed by atoms with Gasteiger partial charge >= 0.3 is 5.97 Å². The molecule has 1 amide bonds. The van der Waals surface area contributed by atoms with Crippen molar-refractivity contribution in [1.29, 1.82) is 0 Å². The average Bonchev–Trinajstić information content (AvgIpc) is 2.16. The second kappa shape index (κ2) is 5.99. The van der Waals surface area contributed by atoms with E-state index in [-0.39, 0.29) is 17.6 Å². The summed E-state index contributed by atoms with van der Waals surface area (Å²) in [6.45, 7) is -0.897. The van der Waals surface area contributed by atoms with Crippen LogP contribution >= 0.6 is 11.6 Å². The van der Waals surface area contributed by atoms with Crippen molar-refractivity contribution < 1.29 is 19.4 Å². The summed E-state index contributed by atoms with van der Waals surface area (Å²) in [7, 11) is 0. The maximum Gasteiger partial charge on any atom is 0.329 e. The van der Waals surface area contributed by atoms with Crippen molar-refractivity contribution >= 4 is 29.3 Å². The summed E-state index contributed by atoms with van der Waals surface area (Å²) >= 11 is 5.56. The standard InChI is InChI=1S/C8H8ClN3O4/c9-5-1-6(11-4-10-5)12-7(13)2-16-3-8(14)15/h1,4H,2-3H2,(H,14,15)(H,10,11,12,13). The van der Waals surface area contributed by atoms with Gasteiger partial charge in [-0.05, 0) is 0 Å². The van der Waals surface area contributed by atoms with Gasteiger partial charge in [-0.25, -0.2) is 14.8 Å². The Bertz CT molecular complexity index is 399. The molecule has 0 aliphatic heterocycles. The Morgan fingerprint density at radius 1 is 1.44 bits per heavy atom. The normalized spacial score (nSPS) is 9.81. The summed E-state index contributed by atoms with van der Waals surface area (Å²) in [5.74, 6) is -1.43. The first-order valence-corrected chi connectivity index (χ1v) is 4.52. The monoisotopic (exact) mass is 245 g/mol. The number of carbonyl (C=O) groups is 2. The van der Waals surface area contributed by atoms with E-state index in [9.17, 15) is 9.59 Å². The quantitative estimate of drug-likeness (QED) is 0.717. The molecular weight excluding hydrogens is 238 g/mol. The molecule has 1 rings (SSSR count). The lowest BCUT2D eigenvalue weighted by Gasteiger charge is -2.03. The fourth-order valence-electron chi connectivity index (χ4n) is 0.812. The molecule has 0 fully saturated rings. The van der Waals surface area contributed by atoms with E-state index in [0.717, 1.165) is 0 Å². The molecule has 86 valence electrons. The molecule has 0 radical (unpaired) electrons. The number of anilines is 1. The SMILES string of the molecule is O=C(O)COCC(=O)Nc1cc(Cl)ncn1. The third-order valence-corrected chi connectivity index (χ3v) is 1.57. The van der Waals surface area contributed by atoms with Crippen LogP contribution < -0.4 is 5.32 Å². The van der Waals surface area contributed by atoms with Crippen LogP contribution in [-0.4, -0.2) is 40.2 Å². The molecule has 7 nitrogen and oxygen atoms in total. The predicted octanol–water partition coefficient (Wildman–Crippen LogP) is 0.170. The molecule has 1 aromatic rings. The van der Waals surface area contributed by atoms with E-state index in [0.29, 0.717) is 0 Å². The molecule has 0 aliphatic carbocycles. The second-order valence-electron chi connectivity index (χ2n) is 2.66. The first-order chi connectivity index (χ1) is 7.58. The van der Waals surface area contributed by atoms with Crippen LogP contribution in [0.3, 0.4) is 0 Å². The van der Waals surface area contributed by atoms with E-state index in [2.05, 4.69) is 20.0 Å². The van der Waals surface area contributed by atoms with Crippen molar-refractivity contribution in [2.75, 3.05) is 18.5 Å². The molecule has 0 aromatic carbocycles. The largest absolute Gasteiger partial charge is 0.480 e. The average molecular weight is 246 g/mol.